The predicted molar refractivity (Wildman–Crippen MR) is 112 cm³/mol. The van der Waals surface area contributed by atoms with Gasteiger partial charge < -0.3 is 5.32 Å². The largest absolute Gasteiger partial charge is 0.354 e. The van der Waals surface area contributed by atoms with Gasteiger partial charge in [0.05, 0.1) is 16.9 Å². The zero-order valence-electron chi connectivity index (χ0n) is 15.9. The minimum Gasteiger partial charge on any atom is -0.354 e. The molecule has 0 atom stereocenters. The zero-order valence-corrected chi connectivity index (χ0v) is 15.9. The average Bonchev–Trinajstić information content (AvgIpc) is 3.20. The van der Waals surface area contributed by atoms with Crippen LogP contribution in [0.15, 0.2) is 91.0 Å². The summed E-state index contributed by atoms with van der Waals surface area (Å²) in [6, 6.07) is 27.9. The van der Waals surface area contributed by atoms with Crippen molar-refractivity contribution in [2.75, 3.05) is 7.05 Å². The molecule has 0 saturated heterocycles. The molecule has 1 heterocycles. The molecule has 142 valence electrons. The van der Waals surface area contributed by atoms with E-state index in [1.54, 1.807) is 28.9 Å². The van der Waals surface area contributed by atoms with Crippen molar-refractivity contribution in [2.24, 2.45) is 0 Å². The van der Waals surface area contributed by atoms with Crippen LogP contribution < -0.4 is 5.32 Å². The van der Waals surface area contributed by atoms with Crippen molar-refractivity contribution in [1.29, 1.82) is 0 Å². The summed E-state index contributed by atoms with van der Waals surface area (Å²) in [5, 5.41) is 7.16. The fourth-order valence-corrected chi connectivity index (χ4v) is 3.26. The molecule has 1 N–H and O–H groups in total. The molecule has 5 nitrogen and oxygen atoms in total. The van der Waals surface area contributed by atoms with Gasteiger partial charge in [-0.3, -0.25) is 9.59 Å². The number of rotatable bonds is 5. The van der Waals surface area contributed by atoms with Gasteiger partial charge in [-0.05, 0) is 12.1 Å². The zero-order chi connectivity index (χ0) is 20.2. The second-order valence-corrected chi connectivity index (χ2v) is 6.46. The fraction of sp³-hybridized carbons (Fsp3) is 0.0417. The van der Waals surface area contributed by atoms with Crippen molar-refractivity contribution in [3.63, 3.8) is 0 Å². The summed E-state index contributed by atoms with van der Waals surface area (Å²) in [7, 11) is 1.53. The van der Waals surface area contributed by atoms with Gasteiger partial charge in [0.2, 0.25) is 0 Å². The number of carbonyl (C=O) groups excluding carboxylic acids is 2. The monoisotopic (exact) mass is 381 g/mol. The molecule has 1 amide bonds. The van der Waals surface area contributed by atoms with E-state index in [1.165, 1.54) is 7.05 Å². The highest BCUT2D eigenvalue weighted by molar-refractivity contribution is 6.18. The summed E-state index contributed by atoms with van der Waals surface area (Å²) >= 11 is 0. The van der Waals surface area contributed by atoms with Crippen molar-refractivity contribution in [1.82, 2.24) is 15.1 Å². The third kappa shape index (κ3) is 3.46. The third-order valence-electron chi connectivity index (χ3n) is 4.64. The Labute approximate surface area is 168 Å². The maximum atomic E-state index is 13.5. The molecule has 0 aliphatic carbocycles. The number of hydrogen-bond acceptors (Lipinski definition) is 3. The first-order valence-electron chi connectivity index (χ1n) is 9.26. The van der Waals surface area contributed by atoms with Gasteiger partial charge in [-0.25, -0.2) is 4.68 Å². The lowest BCUT2D eigenvalue weighted by Gasteiger charge is -2.10. The molecule has 0 spiro atoms. The number of para-hydroxylation sites is 1. The van der Waals surface area contributed by atoms with Gasteiger partial charge in [0.1, 0.15) is 0 Å². The molecule has 0 saturated carbocycles. The van der Waals surface area contributed by atoms with Crippen LogP contribution >= 0.6 is 0 Å². The summed E-state index contributed by atoms with van der Waals surface area (Å²) in [6.07, 6.45) is 0. The van der Waals surface area contributed by atoms with Crippen LogP contribution in [0.5, 0.6) is 0 Å². The summed E-state index contributed by atoms with van der Waals surface area (Å²) in [4.78, 5) is 26.2. The van der Waals surface area contributed by atoms with Gasteiger partial charge in [-0.2, -0.15) is 5.10 Å². The van der Waals surface area contributed by atoms with Crippen molar-refractivity contribution in [3.8, 4) is 16.9 Å². The van der Waals surface area contributed by atoms with Crippen molar-refractivity contribution in [3.05, 3.63) is 108 Å². The van der Waals surface area contributed by atoms with Crippen LogP contribution in [-0.2, 0) is 0 Å². The van der Waals surface area contributed by atoms with Gasteiger partial charge in [0.15, 0.2) is 11.5 Å². The topological polar surface area (TPSA) is 64.0 Å². The maximum absolute atomic E-state index is 13.5. The van der Waals surface area contributed by atoms with Crippen LogP contribution in [0.25, 0.3) is 16.9 Å². The SMILES string of the molecule is CNC(=O)c1nn(-c2ccccc2)c(-c2ccccc2)c1C(=O)c1ccccc1. The Kier molecular flexibility index (Phi) is 5.03. The highest BCUT2D eigenvalue weighted by atomic mass is 16.2. The maximum Gasteiger partial charge on any atom is 0.272 e. The highest BCUT2D eigenvalue weighted by Crippen LogP contribution is 2.31. The van der Waals surface area contributed by atoms with Crippen LogP contribution in [0.3, 0.4) is 0 Å². The van der Waals surface area contributed by atoms with Crippen molar-refractivity contribution < 1.29 is 9.59 Å². The first kappa shape index (κ1) is 18.4. The van der Waals surface area contributed by atoms with E-state index in [4.69, 9.17) is 0 Å². The normalized spacial score (nSPS) is 10.5. The van der Waals surface area contributed by atoms with Gasteiger partial charge in [0, 0.05) is 18.2 Å². The molecule has 4 aromatic rings. The second-order valence-electron chi connectivity index (χ2n) is 6.46. The molecule has 5 heteroatoms. The lowest BCUT2D eigenvalue weighted by molar-refractivity contribution is 0.0946. The first-order chi connectivity index (χ1) is 14.2. The number of carbonyl (C=O) groups is 2. The minimum atomic E-state index is -0.406. The number of amides is 1. The Hall–Kier alpha value is -3.99. The number of ketones is 1. The molecule has 4 rings (SSSR count). The molecular formula is C24H19N3O2. The minimum absolute atomic E-state index is 0.101. The Balaban J connectivity index is 2.05. The number of hydrogen-bond donors (Lipinski definition) is 1. The summed E-state index contributed by atoms with van der Waals surface area (Å²) in [6.45, 7) is 0. The Morgan fingerprint density at radius 3 is 1.93 bits per heavy atom. The highest BCUT2D eigenvalue weighted by Gasteiger charge is 2.29. The third-order valence-corrected chi connectivity index (χ3v) is 4.64. The van der Waals surface area contributed by atoms with E-state index < -0.39 is 5.91 Å². The number of nitrogens with zero attached hydrogens (tertiary/aromatic N) is 2. The molecule has 0 radical (unpaired) electrons. The molecule has 3 aromatic carbocycles. The molecular weight excluding hydrogens is 362 g/mol. The lowest BCUT2D eigenvalue weighted by atomic mass is 9.97. The molecule has 1 aromatic heterocycles. The van der Waals surface area contributed by atoms with Gasteiger partial charge in [-0.1, -0.05) is 78.9 Å². The molecule has 0 bridgehead atoms. The first-order valence-corrected chi connectivity index (χ1v) is 9.26. The predicted octanol–water partition coefficient (Wildman–Crippen LogP) is 4.13. The molecule has 0 unspecified atom stereocenters. The van der Waals surface area contributed by atoms with E-state index in [0.29, 0.717) is 11.3 Å². The molecule has 0 aliphatic rings. The summed E-state index contributed by atoms with van der Waals surface area (Å²) in [5.41, 5.74) is 3.04. The Bertz CT molecular complexity index is 1150. The standard InChI is InChI=1S/C24H19N3O2/c1-25-24(29)21-20(23(28)18-13-7-3-8-14-18)22(17-11-5-2-6-12-17)27(26-21)19-15-9-4-10-16-19/h2-16H,1H3,(H,25,29). The second kappa shape index (κ2) is 7.94. The average molecular weight is 381 g/mol. The number of nitrogens with one attached hydrogen (secondary N) is 1. The molecule has 29 heavy (non-hydrogen) atoms. The van der Waals surface area contributed by atoms with Crippen LogP contribution in [-0.4, -0.2) is 28.5 Å². The van der Waals surface area contributed by atoms with Crippen LogP contribution in [0, 0.1) is 0 Å². The number of aromatic nitrogens is 2. The van der Waals surface area contributed by atoms with Crippen LogP contribution in [0.1, 0.15) is 26.4 Å². The van der Waals surface area contributed by atoms with E-state index in [0.717, 1.165) is 11.3 Å². The summed E-state index contributed by atoms with van der Waals surface area (Å²) < 4.78 is 1.66. The molecule has 0 aliphatic heterocycles. The van der Waals surface area contributed by atoms with E-state index >= 15 is 0 Å². The van der Waals surface area contributed by atoms with Crippen LogP contribution in [0.2, 0.25) is 0 Å². The smallest absolute Gasteiger partial charge is 0.272 e. The van der Waals surface area contributed by atoms with Gasteiger partial charge in [0.25, 0.3) is 5.91 Å². The molecule has 0 fully saturated rings. The quantitative estimate of drug-likeness (QED) is 0.529. The fourth-order valence-electron chi connectivity index (χ4n) is 3.26. The Morgan fingerprint density at radius 2 is 1.34 bits per heavy atom. The summed E-state index contributed by atoms with van der Waals surface area (Å²) in [5.74, 6) is -0.652. The van der Waals surface area contributed by atoms with Gasteiger partial charge in [-0.15, -0.1) is 0 Å². The van der Waals surface area contributed by atoms with Crippen molar-refractivity contribution >= 4 is 11.7 Å². The van der Waals surface area contributed by atoms with E-state index in [-0.39, 0.29) is 17.0 Å². The Morgan fingerprint density at radius 1 is 0.793 bits per heavy atom. The number of benzene rings is 3. The van der Waals surface area contributed by atoms with E-state index in [9.17, 15) is 9.59 Å². The van der Waals surface area contributed by atoms with E-state index in [2.05, 4.69) is 10.4 Å². The van der Waals surface area contributed by atoms with Crippen molar-refractivity contribution in [2.45, 2.75) is 0 Å². The van der Waals surface area contributed by atoms with E-state index in [1.807, 2.05) is 66.7 Å². The lowest BCUT2D eigenvalue weighted by Crippen LogP contribution is -2.21. The van der Waals surface area contributed by atoms with Gasteiger partial charge >= 0.3 is 0 Å². The van der Waals surface area contributed by atoms with Crippen LogP contribution in [0.4, 0.5) is 0 Å².